The van der Waals surface area contributed by atoms with Crippen LogP contribution in [0.2, 0.25) is 0 Å². The van der Waals surface area contributed by atoms with Gasteiger partial charge in [-0.25, -0.2) is 14.8 Å². The Morgan fingerprint density at radius 2 is 1.63 bits per heavy atom. The number of hydrogen-bond acceptors (Lipinski definition) is 7. The maximum Gasteiger partial charge on any atom is 0.326 e. The number of benzene rings is 1. The number of nitrogens with one attached hydrogen (secondary N) is 3. The SMILES string of the molecule is CN1CCC(N(C)C(=O)c2[nH]c3ccccc3c2C2=CCN(C(=O)C3CCN(Cc4ccnc(NC(=O)Nc5ccccn5)c4)CC3)CC2)CC1. The van der Waals surface area contributed by atoms with Crippen molar-refractivity contribution in [3.8, 4) is 0 Å². The van der Waals surface area contributed by atoms with Crippen molar-refractivity contribution in [1.29, 1.82) is 0 Å². The van der Waals surface area contributed by atoms with Gasteiger partial charge in [0.1, 0.15) is 17.3 Å². The van der Waals surface area contributed by atoms with E-state index in [-0.39, 0.29) is 23.8 Å². The second-order valence-corrected chi connectivity index (χ2v) is 14.0. The number of amides is 4. The molecule has 3 aliphatic rings. The minimum absolute atomic E-state index is 0.00502. The Labute approximate surface area is 298 Å². The minimum atomic E-state index is -0.400. The number of piperidine rings is 2. The van der Waals surface area contributed by atoms with Gasteiger partial charge in [0.2, 0.25) is 5.91 Å². The van der Waals surface area contributed by atoms with Crippen molar-refractivity contribution in [3.05, 3.63) is 89.9 Å². The average molecular weight is 690 g/mol. The molecule has 12 heteroatoms. The number of carbonyl (C=O) groups excluding carboxylic acids is 3. The van der Waals surface area contributed by atoms with E-state index in [0.717, 1.165) is 79.5 Å². The Kier molecular flexibility index (Phi) is 10.4. The maximum absolute atomic E-state index is 14.0. The number of rotatable bonds is 8. The van der Waals surface area contributed by atoms with E-state index in [1.54, 1.807) is 30.6 Å². The summed E-state index contributed by atoms with van der Waals surface area (Å²) in [7, 11) is 4.07. The third-order valence-electron chi connectivity index (χ3n) is 10.6. The first-order chi connectivity index (χ1) is 24.8. The molecule has 3 aliphatic heterocycles. The zero-order chi connectivity index (χ0) is 35.3. The fourth-order valence-electron chi connectivity index (χ4n) is 7.65. The smallest absolute Gasteiger partial charge is 0.326 e. The summed E-state index contributed by atoms with van der Waals surface area (Å²) in [6.45, 7) is 5.54. The van der Waals surface area contributed by atoms with Gasteiger partial charge in [0.25, 0.3) is 5.91 Å². The predicted molar refractivity (Wildman–Crippen MR) is 199 cm³/mol. The number of nitrogens with zero attached hydrogens (tertiary/aromatic N) is 6. The summed E-state index contributed by atoms with van der Waals surface area (Å²) in [5.41, 5.74) is 4.78. The van der Waals surface area contributed by atoms with Gasteiger partial charge >= 0.3 is 6.03 Å². The molecule has 4 aromatic rings. The lowest BCUT2D eigenvalue weighted by Crippen LogP contribution is -2.45. The van der Waals surface area contributed by atoms with E-state index in [1.807, 2.05) is 47.2 Å². The zero-order valence-corrected chi connectivity index (χ0v) is 29.5. The monoisotopic (exact) mass is 689 g/mol. The lowest BCUT2D eigenvalue weighted by atomic mass is 9.92. The molecule has 51 heavy (non-hydrogen) atoms. The van der Waals surface area contributed by atoms with Crippen LogP contribution in [-0.4, -0.2) is 112 Å². The van der Waals surface area contributed by atoms with Crippen LogP contribution in [0.4, 0.5) is 16.4 Å². The first-order valence-electron chi connectivity index (χ1n) is 18.0. The molecule has 0 spiro atoms. The summed E-state index contributed by atoms with van der Waals surface area (Å²) in [5, 5.41) is 6.54. The topological polar surface area (TPSA) is 130 Å². The highest BCUT2D eigenvalue weighted by molar-refractivity contribution is 6.07. The number of para-hydroxylation sites is 1. The minimum Gasteiger partial charge on any atom is -0.350 e. The van der Waals surface area contributed by atoms with Crippen LogP contribution in [-0.2, 0) is 11.3 Å². The highest BCUT2D eigenvalue weighted by Crippen LogP contribution is 2.34. The third-order valence-corrected chi connectivity index (χ3v) is 10.6. The summed E-state index contributed by atoms with van der Waals surface area (Å²) in [6.07, 6.45) is 9.74. The van der Waals surface area contributed by atoms with Crippen molar-refractivity contribution in [3.63, 3.8) is 0 Å². The molecular formula is C39H47N9O3. The Balaban J connectivity index is 0.942. The van der Waals surface area contributed by atoms with Crippen molar-refractivity contribution in [2.45, 2.75) is 44.7 Å². The average Bonchev–Trinajstić information content (AvgIpc) is 3.55. The number of hydrogen-bond donors (Lipinski definition) is 3. The highest BCUT2D eigenvalue weighted by Gasteiger charge is 2.32. The van der Waals surface area contributed by atoms with Gasteiger partial charge in [-0.15, -0.1) is 0 Å². The standard InChI is InChI=1S/C39H47N9O3/c1-45-19-15-30(16-20-45)46(2)38(50)36-35(31-7-3-4-8-32(31)42-36)28-13-23-48(24-14-28)37(49)29-11-21-47(22-12-29)26-27-10-18-41-34(25-27)44-39(51)43-33-9-5-6-17-40-33/h3-10,13,17-18,25,29-30,42H,11-12,14-16,19-24,26H2,1-2H3,(H2,40,41,43,44,51). The molecule has 0 unspecified atom stereocenters. The van der Waals surface area contributed by atoms with Crippen LogP contribution >= 0.6 is 0 Å². The Hall–Kier alpha value is -5.07. The number of anilines is 2. The van der Waals surface area contributed by atoms with E-state index >= 15 is 0 Å². The lowest BCUT2D eigenvalue weighted by molar-refractivity contribution is -0.136. The fraction of sp³-hybridized carbons (Fsp3) is 0.410. The number of aromatic amines is 1. The Morgan fingerprint density at radius 3 is 2.37 bits per heavy atom. The highest BCUT2D eigenvalue weighted by atomic mass is 16.2. The van der Waals surface area contributed by atoms with Crippen LogP contribution < -0.4 is 10.6 Å². The fourth-order valence-corrected chi connectivity index (χ4v) is 7.65. The molecule has 0 radical (unpaired) electrons. The van der Waals surface area contributed by atoms with Gasteiger partial charge in [-0.05, 0) is 107 Å². The molecule has 12 nitrogen and oxygen atoms in total. The maximum atomic E-state index is 14.0. The molecule has 2 fully saturated rings. The second-order valence-electron chi connectivity index (χ2n) is 14.0. The molecule has 1 aromatic carbocycles. The third kappa shape index (κ3) is 7.97. The van der Waals surface area contributed by atoms with E-state index < -0.39 is 6.03 Å². The molecule has 2 saturated heterocycles. The van der Waals surface area contributed by atoms with Crippen LogP contribution in [0.3, 0.4) is 0 Å². The zero-order valence-electron chi connectivity index (χ0n) is 29.5. The lowest BCUT2D eigenvalue weighted by Gasteiger charge is -2.36. The summed E-state index contributed by atoms with van der Waals surface area (Å²) in [4.78, 5) is 60.5. The van der Waals surface area contributed by atoms with Crippen molar-refractivity contribution in [1.82, 2.24) is 34.6 Å². The van der Waals surface area contributed by atoms with Gasteiger partial charge in [0, 0.05) is 67.5 Å². The van der Waals surface area contributed by atoms with Crippen molar-refractivity contribution >= 4 is 46.0 Å². The van der Waals surface area contributed by atoms with E-state index in [1.165, 1.54) is 0 Å². The number of pyridine rings is 2. The van der Waals surface area contributed by atoms with E-state index in [2.05, 4.69) is 54.6 Å². The largest absolute Gasteiger partial charge is 0.350 e. The quantitative estimate of drug-likeness (QED) is 0.229. The first-order valence-corrected chi connectivity index (χ1v) is 18.0. The van der Waals surface area contributed by atoms with Gasteiger partial charge < -0.3 is 19.7 Å². The van der Waals surface area contributed by atoms with E-state index in [4.69, 9.17) is 0 Å². The van der Waals surface area contributed by atoms with Crippen LogP contribution in [0.25, 0.3) is 16.5 Å². The van der Waals surface area contributed by atoms with Crippen LogP contribution in [0.5, 0.6) is 0 Å². The van der Waals surface area contributed by atoms with Crippen molar-refractivity contribution in [2.75, 3.05) is 64.0 Å². The molecule has 0 bridgehead atoms. The van der Waals surface area contributed by atoms with Crippen molar-refractivity contribution in [2.24, 2.45) is 5.92 Å². The number of H-pyrrole nitrogens is 1. The van der Waals surface area contributed by atoms with Crippen molar-refractivity contribution < 1.29 is 14.4 Å². The molecule has 0 aliphatic carbocycles. The summed E-state index contributed by atoms with van der Waals surface area (Å²) >= 11 is 0. The molecular weight excluding hydrogens is 642 g/mol. The number of urea groups is 1. The summed E-state index contributed by atoms with van der Waals surface area (Å²) in [5.74, 6) is 1.18. The van der Waals surface area contributed by atoms with Gasteiger partial charge in [-0.2, -0.15) is 0 Å². The molecule has 0 saturated carbocycles. The van der Waals surface area contributed by atoms with Gasteiger partial charge in [-0.1, -0.05) is 30.3 Å². The van der Waals surface area contributed by atoms with E-state index in [9.17, 15) is 14.4 Å². The predicted octanol–water partition coefficient (Wildman–Crippen LogP) is 5.30. The Morgan fingerprint density at radius 1 is 0.882 bits per heavy atom. The normalized spacial score (nSPS) is 18.0. The second kappa shape index (κ2) is 15.4. The van der Waals surface area contributed by atoms with Crippen LogP contribution in [0, 0.1) is 5.92 Å². The Bertz CT molecular complexity index is 1890. The molecule has 0 atom stereocenters. The number of aromatic nitrogens is 3. The van der Waals surface area contributed by atoms with Gasteiger partial charge in [0.15, 0.2) is 0 Å². The number of fused-ring (bicyclic) bond motifs is 1. The van der Waals surface area contributed by atoms with Gasteiger partial charge in [0.05, 0.1) is 0 Å². The van der Waals surface area contributed by atoms with Crippen LogP contribution in [0.1, 0.15) is 53.7 Å². The van der Waals surface area contributed by atoms with Gasteiger partial charge in [-0.3, -0.25) is 25.1 Å². The first kappa shape index (κ1) is 34.4. The molecule has 4 amide bonds. The molecule has 3 N–H and O–H groups in total. The number of likely N-dealkylation sites (tertiary alicyclic amines) is 2. The van der Waals surface area contributed by atoms with Crippen LogP contribution in [0.15, 0.2) is 73.1 Å². The van der Waals surface area contributed by atoms with E-state index in [0.29, 0.717) is 43.4 Å². The summed E-state index contributed by atoms with van der Waals surface area (Å²) in [6, 6.07) is 17.1. The number of carbonyl (C=O) groups is 3. The molecule has 3 aromatic heterocycles. The molecule has 7 rings (SSSR count). The summed E-state index contributed by atoms with van der Waals surface area (Å²) < 4.78 is 0. The molecule has 6 heterocycles. The molecule has 266 valence electrons.